The molecule has 0 bridgehead atoms. The molecule has 3 aliphatic carbocycles. The Labute approximate surface area is 236 Å². The van der Waals surface area contributed by atoms with Gasteiger partial charge in [0.15, 0.2) is 11.5 Å². The topological polar surface area (TPSA) is 80.6 Å². The summed E-state index contributed by atoms with van der Waals surface area (Å²) in [5.41, 5.74) is 4.90. The molecule has 0 saturated heterocycles. The Balaban J connectivity index is 1.06. The lowest BCUT2D eigenvalue weighted by Gasteiger charge is -2.49. The number of aliphatic hydroxyl groups excluding tert-OH is 2. The van der Waals surface area contributed by atoms with Crippen molar-refractivity contribution in [2.24, 2.45) is 17.3 Å². The first-order valence-corrected chi connectivity index (χ1v) is 14.7. The average Bonchev–Trinajstić information content (AvgIpc) is 3.52. The molecule has 2 saturated carbocycles. The van der Waals surface area contributed by atoms with Gasteiger partial charge in [0.1, 0.15) is 18.4 Å². The van der Waals surface area contributed by atoms with Crippen molar-refractivity contribution in [3.8, 4) is 34.8 Å². The zero-order valence-electron chi connectivity index (χ0n) is 23.6. The van der Waals surface area contributed by atoms with E-state index in [1.54, 1.807) is 7.11 Å². The van der Waals surface area contributed by atoms with Crippen molar-refractivity contribution in [2.45, 2.75) is 69.6 Å². The molecule has 2 aromatic carbocycles. The fraction of sp³-hybridized carbons (Fsp3) is 0.576. The van der Waals surface area contributed by atoms with Crippen LogP contribution in [0.25, 0.3) is 0 Å². The number of aliphatic hydroxyl groups is 2. The number of likely N-dealkylation sites (N-methyl/N-ethyl adjacent to an activating group) is 1. The molecule has 0 amide bonds. The third kappa shape index (κ3) is 3.99. The summed E-state index contributed by atoms with van der Waals surface area (Å²) in [4.78, 5) is 2.24. The molecule has 2 aromatic rings. The van der Waals surface area contributed by atoms with Crippen molar-refractivity contribution in [3.05, 3.63) is 46.5 Å². The van der Waals surface area contributed by atoms with Crippen molar-refractivity contribution in [2.75, 3.05) is 34.1 Å². The van der Waals surface area contributed by atoms with E-state index in [0.717, 1.165) is 67.9 Å². The van der Waals surface area contributed by atoms with Crippen LogP contribution in [0, 0.1) is 29.1 Å². The standard InChI is InChI=1S/C33H39NO6/c1-33-12-10-23-22-9-7-21(15-19(22)6-8-24(23)25(33)17-27(35)32(33)36)38-14-4-5-26-29-20(11-13-34(26)2)16-28-30(31(29)37-3)40-18-39-28/h7,9,15-16,23-27,32,35-36H,6,8,10-14,17-18H2,1-3H3/t23-,24-,25?,26?,27?,32?,33+/m1/s1. The van der Waals surface area contributed by atoms with Crippen LogP contribution in [-0.4, -0.2) is 61.4 Å². The minimum absolute atomic E-state index is 0.109. The van der Waals surface area contributed by atoms with Crippen LogP contribution < -0.4 is 18.9 Å². The Kier molecular flexibility index (Phi) is 6.42. The molecule has 7 rings (SSSR count). The third-order valence-corrected chi connectivity index (χ3v) is 10.6. The first-order chi connectivity index (χ1) is 19.4. The Hall–Kier alpha value is -2.92. The summed E-state index contributed by atoms with van der Waals surface area (Å²) in [5.74, 6) is 11.1. The quantitative estimate of drug-likeness (QED) is 0.559. The van der Waals surface area contributed by atoms with Crippen molar-refractivity contribution in [3.63, 3.8) is 0 Å². The summed E-state index contributed by atoms with van der Waals surface area (Å²) in [7, 11) is 3.76. The zero-order chi connectivity index (χ0) is 27.6. The highest BCUT2D eigenvalue weighted by molar-refractivity contribution is 5.63. The molecule has 7 atom stereocenters. The number of benzene rings is 2. The van der Waals surface area contributed by atoms with Gasteiger partial charge in [0.05, 0.1) is 19.3 Å². The van der Waals surface area contributed by atoms with E-state index >= 15 is 0 Å². The second-order valence-corrected chi connectivity index (χ2v) is 12.5. The molecule has 2 N–H and O–H groups in total. The lowest BCUT2D eigenvalue weighted by atomic mass is 9.55. The fourth-order valence-electron chi connectivity index (χ4n) is 8.51. The molecule has 212 valence electrons. The fourth-order valence-corrected chi connectivity index (χ4v) is 8.51. The van der Waals surface area contributed by atoms with Crippen molar-refractivity contribution >= 4 is 0 Å². The van der Waals surface area contributed by atoms with Crippen LogP contribution in [0.2, 0.25) is 0 Å². The molecule has 0 spiro atoms. The van der Waals surface area contributed by atoms with E-state index in [9.17, 15) is 10.2 Å². The van der Waals surface area contributed by atoms with E-state index in [1.807, 2.05) is 0 Å². The normalized spacial score (nSPS) is 33.6. The number of fused-ring (bicyclic) bond motifs is 7. The maximum atomic E-state index is 10.7. The van der Waals surface area contributed by atoms with Crippen LogP contribution in [0.3, 0.4) is 0 Å². The highest BCUT2D eigenvalue weighted by atomic mass is 16.7. The molecule has 40 heavy (non-hydrogen) atoms. The molecule has 2 fully saturated rings. The first kappa shape index (κ1) is 26.0. The highest BCUT2D eigenvalue weighted by Crippen LogP contribution is 2.61. The van der Waals surface area contributed by atoms with Gasteiger partial charge in [-0.05, 0) is 104 Å². The SMILES string of the molecule is COc1c2c(cc3c1C(C#CCOc1ccc4c(c1)CC[C@H]1C5CC(O)C(O)[C@@]5(C)CC[C@H]41)N(C)CC3)OCO2. The number of methoxy groups -OCH3 is 1. The average molecular weight is 546 g/mol. The molecule has 0 radical (unpaired) electrons. The minimum Gasteiger partial charge on any atom is -0.492 e. The van der Waals surface area contributed by atoms with E-state index in [2.05, 4.69) is 55.0 Å². The van der Waals surface area contributed by atoms with Crippen LogP contribution in [0.5, 0.6) is 23.0 Å². The smallest absolute Gasteiger partial charge is 0.231 e. The predicted octanol–water partition coefficient (Wildman–Crippen LogP) is 4.22. The Morgan fingerprint density at radius 3 is 2.85 bits per heavy atom. The van der Waals surface area contributed by atoms with Gasteiger partial charge in [0.25, 0.3) is 0 Å². The molecule has 7 nitrogen and oxygen atoms in total. The molecule has 5 aliphatic rings. The second-order valence-electron chi connectivity index (χ2n) is 12.5. The number of rotatable bonds is 3. The largest absolute Gasteiger partial charge is 0.492 e. The number of hydrogen-bond acceptors (Lipinski definition) is 7. The van der Waals surface area contributed by atoms with E-state index < -0.39 is 12.2 Å². The van der Waals surface area contributed by atoms with Crippen LogP contribution in [0.15, 0.2) is 24.3 Å². The number of ether oxygens (including phenoxy) is 4. The first-order valence-electron chi connectivity index (χ1n) is 14.7. The predicted molar refractivity (Wildman–Crippen MR) is 150 cm³/mol. The van der Waals surface area contributed by atoms with Gasteiger partial charge in [-0.15, -0.1) is 0 Å². The molecular formula is C33H39NO6. The Morgan fingerprint density at radius 1 is 1.12 bits per heavy atom. The summed E-state index contributed by atoms with van der Waals surface area (Å²) < 4.78 is 23.2. The summed E-state index contributed by atoms with van der Waals surface area (Å²) in [6.45, 7) is 3.62. The molecule has 2 heterocycles. The van der Waals surface area contributed by atoms with Gasteiger partial charge < -0.3 is 29.2 Å². The van der Waals surface area contributed by atoms with Crippen molar-refractivity contribution in [1.29, 1.82) is 0 Å². The minimum atomic E-state index is -0.595. The summed E-state index contributed by atoms with van der Waals surface area (Å²) in [6.07, 6.45) is 4.61. The lowest BCUT2D eigenvalue weighted by Crippen LogP contribution is -2.44. The van der Waals surface area contributed by atoms with E-state index in [4.69, 9.17) is 18.9 Å². The monoisotopic (exact) mass is 545 g/mol. The highest BCUT2D eigenvalue weighted by Gasteiger charge is 2.57. The second kappa shape index (κ2) is 9.87. The maximum absolute atomic E-state index is 10.7. The van der Waals surface area contributed by atoms with Gasteiger partial charge in [0, 0.05) is 12.1 Å². The number of hydrogen-bond donors (Lipinski definition) is 2. The van der Waals surface area contributed by atoms with Gasteiger partial charge in [0.2, 0.25) is 12.5 Å². The van der Waals surface area contributed by atoms with Crippen LogP contribution >= 0.6 is 0 Å². The third-order valence-electron chi connectivity index (χ3n) is 10.6. The zero-order valence-corrected chi connectivity index (χ0v) is 23.6. The molecular weight excluding hydrogens is 506 g/mol. The Morgan fingerprint density at radius 2 is 2.00 bits per heavy atom. The molecule has 2 aliphatic heterocycles. The van der Waals surface area contributed by atoms with Gasteiger partial charge in [-0.3, -0.25) is 4.90 Å². The molecule has 7 heteroatoms. The number of nitrogens with zero attached hydrogens (tertiary/aromatic N) is 1. The van der Waals surface area contributed by atoms with Crippen LogP contribution in [0.4, 0.5) is 0 Å². The van der Waals surface area contributed by atoms with Crippen molar-refractivity contribution in [1.82, 2.24) is 4.90 Å². The Bertz CT molecular complexity index is 1380. The molecule has 0 aromatic heterocycles. The van der Waals surface area contributed by atoms with Gasteiger partial charge in [-0.2, -0.15) is 0 Å². The van der Waals surface area contributed by atoms with E-state index in [1.165, 1.54) is 16.7 Å². The summed E-state index contributed by atoms with van der Waals surface area (Å²) in [5, 5.41) is 21.1. The number of aryl methyl sites for hydroxylation is 1. The van der Waals surface area contributed by atoms with E-state index in [0.29, 0.717) is 30.1 Å². The van der Waals surface area contributed by atoms with Crippen LogP contribution in [-0.2, 0) is 12.8 Å². The van der Waals surface area contributed by atoms with Crippen LogP contribution in [0.1, 0.15) is 66.8 Å². The molecule has 4 unspecified atom stereocenters. The van der Waals surface area contributed by atoms with Gasteiger partial charge in [-0.1, -0.05) is 24.8 Å². The van der Waals surface area contributed by atoms with E-state index in [-0.39, 0.29) is 18.2 Å². The summed E-state index contributed by atoms with van der Waals surface area (Å²) >= 11 is 0. The maximum Gasteiger partial charge on any atom is 0.231 e. The van der Waals surface area contributed by atoms with Gasteiger partial charge >= 0.3 is 0 Å². The van der Waals surface area contributed by atoms with Gasteiger partial charge in [-0.25, -0.2) is 0 Å². The van der Waals surface area contributed by atoms with Crippen molar-refractivity contribution < 1.29 is 29.2 Å². The summed E-state index contributed by atoms with van der Waals surface area (Å²) in [6, 6.07) is 8.49. The lowest BCUT2D eigenvalue weighted by molar-refractivity contribution is -0.0505.